The number of carbonyl (C=O) groups excluding carboxylic acids is 1. The van der Waals surface area contributed by atoms with Crippen molar-refractivity contribution in [2.75, 3.05) is 12.3 Å². The molecule has 0 radical (unpaired) electrons. The molecule has 0 saturated carbocycles. The van der Waals surface area contributed by atoms with Gasteiger partial charge in [0.05, 0.1) is 33.3 Å². The van der Waals surface area contributed by atoms with E-state index >= 15 is 0 Å². The van der Waals surface area contributed by atoms with E-state index in [1.54, 1.807) is 12.1 Å². The van der Waals surface area contributed by atoms with E-state index in [1.165, 1.54) is 6.33 Å². The van der Waals surface area contributed by atoms with Gasteiger partial charge in [0.15, 0.2) is 5.65 Å². The molecule has 4 N–H and O–H groups in total. The second kappa shape index (κ2) is 8.88. The van der Waals surface area contributed by atoms with Crippen LogP contribution in [0.3, 0.4) is 0 Å². The van der Waals surface area contributed by atoms with Gasteiger partial charge in [0.25, 0.3) is 0 Å². The molecule has 34 heavy (non-hydrogen) atoms. The maximum atomic E-state index is 11.9. The van der Waals surface area contributed by atoms with Crippen molar-refractivity contribution >= 4 is 45.3 Å². The highest BCUT2D eigenvalue weighted by Gasteiger charge is 2.28. The van der Waals surface area contributed by atoms with Crippen molar-refractivity contribution in [2.45, 2.75) is 59.2 Å². The number of ether oxygens (including phenoxy) is 1. The fourth-order valence-corrected chi connectivity index (χ4v) is 4.43. The van der Waals surface area contributed by atoms with Gasteiger partial charge in [0, 0.05) is 24.1 Å². The number of amides is 1. The predicted molar refractivity (Wildman–Crippen MR) is 135 cm³/mol. The summed E-state index contributed by atoms with van der Waals surface area (Å²) in [6.45, 7) is 11.3. The normalized spacial score (nSPS) is 12.3. The number of benzene rings is 1. The molecule has 3 aromatic heterocycles. The van der Waals surface area contributed by atoms with Crippen LogP contribution in [0.2, 0.25) is 5.02 Å². The summed E-state index contributed by atoms with van der Waals surface area (Å²) in [4.78, 5) is 20.6. The zero-order valence-electron chi connectivity index (χ0n) is 20.1. The van der Waals surface area contributed by atoms with E-state index in [2.05, 4.69) is 14.5 Å². The summed E-state index contributed by atoms with van der Waals surface area (Å²) >= 11 is 6.97. The molecule has 0 aliphatic rings. The topological polar surface area (TPSA) is 127 Å². The van der Waals surface area contributed by atoms with Gasteiger partial charge in [-0.25, -0.2) is 14.6 Å². The number of aromatic nitrogens is 5. The number of halogens is 1. The smallest absolute Gasteiger partial charge is 0.248 e. The number of aryl methyl sites for hydroxylation is 1. The first-order valence-electron chi connectivity index (χ1n) is 11.2. The van der Waals surface area contributed by atoms with Crippen molar-refractivity contribution in [2.24, 2.45) is 5.73 Å². The van der Waals surface area contributed by atoms with Gasteiger partial charge in [0.1, 0.15) is 17.8 Å². The number of nitrogens with two attached hydrogens (primary N) is 2. The van der Waals surface area contributed by atoms with Crippen LogP contribution in [0.1, 0.15) is 51.4 Å². The summed E-state index contributed by atoms with van der Waals surface area (Å²) in [6.07, 6.45) is 2.30. The molecular weight excluding hydrogens is 454 g/mol. The molecule has 4 rings (SSSR count). The Morgan fingerprint density at radius 3 is 2.62 bits per heavy atom. The highest BCUT2D eigenvalue weighted by molar-refractivity contribution is 6.39. The fourth-order valence-electron chi connectivity index (χ4n) is 4.07. The molecule has 180 valence electrons. The third kappa shape index (κ3) is 4.21. The fraction of sp³-hybridized carbons (Fsp3) is 0.417. The molecule has 0 atom stereocenters. The Balaban J connectivity index is 2.00. The Morgan fingerprint density at radius 1 is 1.24 bits per heavy atom. The Labute approximate surface area is 203 Å². The number of fused-ring (bicyclic) bond motifs is 2. The molecule has 1 aromatic carbocycles. The predicted octanol–water partition coefficient (Wildman–Crippen LogP) is 4.35. The summed E-state index contributed by atoms with van der Waals surface area (Å²) < 4.78 is 9.64. The molecule has 10 heteroatoms. The van der Waals surface area contributed by atoms with Crippen LogP contribution in [0.5, 0.6) is 0 Å². The Morgan fingerprint density at radius 2 is 1.97 bits per heavy atom. The minimum absolute atomic E-state index is 0.134. The van der Waals surface area contributed by atoms with Crippen molar-refractivity contribution < 1.29 is 9.53 Å². The number of primary amides is 1. The molecule has 0 unspecified atom stereocenters. The van der Waals surface area contributed by atoms with Crippen molar-refractivity contribution in [1.82, 2.24) is 24.3 Å². The monoisotopic (exact) mass is 483 g/mol. The standard InChI is InChI=1S/C24H30ClN7O2/c1-13(2)34-10-6-9-31-16-11-14(22(27)33)7-8-15(16)18(25)20(31)19-17-21(26)28-12-29-23(17)32(30-19)24(3,4)5/h7-8,11-13H,6,9-10H2,1-5H3,(H2,27,33)(H2,26,28,29). The van der Waals surface area contributed by atoms with Crippen LogP contribution in [-0.4, -0.2) is 42.9 Å². The minimum Gasteiger partial charge on any atom is -0.383 e. The Bertz CT molecular complexity index is 1380. The highest BCUT2D eigenvalue weighted by Crippen LogP contribution is 2.42. The van der Waals surface area contributed by atoms with E-state index in [-0.39, 0.29) is 11.6 Å². The van der Waals surface area contributed by atoms with Crippen LogP contribution >= 0.6 is 11.6 Å². The maximum Gasteiger partial charge on any atom is 0.248 e. The molecular formula is C24H30ClN7O2. The van der Waals surface area contributed by atoms with Gasteiger partial charge in [-0.15, -0.1) is 0 Å². The van der Waals surface area contributed by atoms with Crippen LogP contribution in [0, 0.1) is 0 Å². The van der Waals surface area contributed by atoms with Gasteiger partial charge in [-0.3, -0.25) is 4.79 Å². The van der Waals surface area contributed by atoms with Crippen molar-refractivity contribution in [1.29, 1.82) is 0 Å². The maximum absolute atomic E-state index is 11.9. The first kappa shape index (κ1) is 24.0. The summed E-state index contributed by atoms with van der Waals surface area (Å²) in [5, 5.41) is 6.87. The van der Waals surface area contributed by atoms with E-state index in [0.717, 1.165) is 17.3 Å². The second-order valence-electron chi connectivity index (χ2n) is 9.57. The largest absolute Gasteiger partial charge is 0.383 e. The van der Waals surface area contributed by atoms with Gasteiger partial charge >= 0.3 is 0 Å². The zero-order chi connectivity index (χ0) is 24.8. The van der Waals surface area contributed by atoms with Gasteiger partial charge in [0.2, 0.25) is 5.91 Å². The SMILES string of the molecule is CC(C)OCCCn1c(-c2nn(C(C)(C)C)c3ncnc(N)c23)c(Cl)c2ccc(C(N)=O)cc21. The molecule has 0 saturated heterocycles. The third-order valence-corrected chi connectivity index (χ3v) is 6.00. The number of rotatable bonds is 7. The quantitative estimate of drug-likeness (QED) is 0.376. The number of nitrogens with zero attached hydrogens (tertiary/aromatic N) is 5. The average molecular weight is 484 g/mol. The van der Waals surface area contributed by atoms with Crippen molar-refractivity contribution in [3.05, 3.63) is 35.1 Å². The molecule has 0 aliphatic carbocycles. The molecule has 4 aromatic rings. The number of hydrogen-bond acceptors (Lipinski definition) is 6. The number of anilines is 1. The van der Waals surface area contributed by atoms with E-state index in [4.69, 9.17) is 32.9 Å². The number of hydrogen-bond donors (Lipinski definition) is 2. The van der Waals surface area contributed by atoms with Crippen LogP contribution in [0.15, 0.2) is 24.5 Å². The summed E-state index contributed by atoms with van der Waals surface area (Å²) in [5.41, 5.74) is 14.6. The molecule has 9 nitrogen and oxygen atoms in total. The van der Waals surface area contributed by atoms with Crippen molar-refractivity contribution in [3.8, 4) is 11.4 Å². The van der Waals surface area contributed by atoms with Gasteiger partial charge < -0.3 is 20.8 Å². The van der Waals surface area contributed by atoms with Crippen LogP contribution < -0.4 is 11.5 Å². The van der Waals surface area contributed by atoms with Gasteiger partial charge in [-0.2, -0.15) is 5.10 Å². The Hall–Kier alpha value is -3.17. The number of carbonyl (C=O) groups is 1. The van der Waals surface area contributed by atoms with E-state index < -0.39 is 5.91 Å². The lowest BCUT2D eigenvalue weighted by atomic mass is 10.1. The molecule has 0 aliphatic heterocycles. The Kier molecular flexibility index (Phi) is 6.26. The lowest BCUT2D eigenvalue weighted by Crippen LogP contribution is -2.23. The van der Waals surface area contributed by atoms with Crippen LogP contribution in [0.4, 0.5) is 5.82 Å². The summed E-state index contributed by atoms with van der Waals surface area (Å²) in [6, 6.07) is 5.25. The molecule has 0 bridgehead atoms. The summed E-state index contributed by atoms with van der Waals surface area (Å²) in [5.74, 6) is -0.181. The van der Waals surface area contributed by atoms with Crippen LogP contribution in [-0.2, 0) is 16.8 Å². The molecule has 0 spiro atoms. The van der Waals surface area contributed by atoms with Crippen LogP contribution in [0.25, 0.3) is 33.3 Å². The average Bonchev–Trinajstić information content (AvgIpc) is 3.27. The van der Waals surface area contributed by atoms with Gasteiger partial charge in [-0.1, -0.05) is 17.7 Å². The minimum atomic E-state index is -0.504. The van der Waals surface area contributed by atoms with E-state index in [1.807, 2.05) is 45.4 Å². The highest BCUT2D eigenvalue weighted by atomic mass is 35.5. The zero-order valence-corrected chi connectivity index (χ0v) is 20.8. The van der Waals surface area contributed by atoms with Crippen molar-refractivity contribution in [3.63, 3.8) is 0 Å². The number of nitrogen functional groups attached to an aromatic ring is 1. The third-order valence-electron chi connectivity index (χ3n) is 5.62. The lowest BCUT2D eigenvalue weighted by molar-refractivity contribution is 0.0751. The van der Waals surface area contributed by atoms with Gasteiger partial charge in [-0.05, 0) is 53.2 Å². The van der Waals surface area contributed by atoms with E-state index in [0.29, 0.717) is 52.0 Å². The molecule has 1 amide bonds. The summed E-state index contributed by atoms with van der Waals surface area (Å²) in [7, 11) is 0. The van der Waals surface area contributed by atoms with E-state index in [9.17, 15) is 4.79 Å². The molecule has 3 heterocycles. The first-order chi connectivity index (χ1) is 16.0. The first-order valence-corrected chi connectivity index (χ1v) is 11.6. The second-order valence-corrected chi connectivity index (χ2v) is 9.95. The lowest BCUT2D eigenvalue weighted by Gasteiger charge is -2.19. The molecule has 0 fully saturated rings.